The number of rotatable bonds is 7. The molecule has 1 aromatic rings. The van der Waals surface area contributed by atoms with Crippen molar-refractivity contribution in [2.24, 2.45) is 5.41 Å². The third-order valence-electron chi connectivity index (χ3n) is 5.62. The summed E-state index contributed by atoms with van der Waals surface area (Å²) in [5.74, 6) is -0.612. The lowest BCUT2D eigenvalue weighted by molar-refractivity contribution is -0.161. The monoisotopic (exact) mass is 438 g/mol. The summed E-state index contributed by atoms with van der Waals surface area (Å²) in [7, 11) is 1.48. The maximum absolute atomic E-state index is 12.9. The van der Waals surface area contributed by atoms with Gasteiger partial charge in [0.25, 0.3) is 5.91 Å². The molecule has 3 rings (SSSR count). The van der Waals surface area contributed by atoms with E-state index >= 15 is 0 Å². The van der Waals surface area contributed by atoms with E-state index in [9.17, 15) is 14.4 Å². The second-order valence-electron chi connectivity index (χ2n) is 7.63. The Bertz CT molecular complexity index is 788. The molecule has 0 radical (unpaired) electrons. The van der Waals surface area contributed by atoms with Gasteiger partial charge in [0.1, 0.15) is 5.75 Å². The van der Waals surface area contributed by atoms with Gasteiger partial charge in [-0.25, -0.2) is 0 Å². The first-order valence-electron chi connectivity index (χ1n) is 10.1. The van der Waals surface area contributed by atoms with Crippen LogP contribution in [0.3, 0.4) is 0 Å². The van der Waals surface area contributed by atoms with Crippen LogP contribution in [-0.2, 0) is 23.9 Å². The number of hydrogen-bond donors (Lipinski definition) is 1. The van der Waals surface area contributed by atoms with Crippen molar-refractivity contribution in [3.05, 3.63) is 23.2 Å². The number of nitrogens with zero attached hydrogens (tertiary/aromatic N) is 1. The van der Waals surface area contributed by atoms with Crippen molar-refractivity contribution >= 4 is 35.1 Å². The predicted octanol–water partition coefficient (Wildman–Crippen LogP) is 2.64. The molecule has 0 aromatic heterocycles. The molecule has 1 aliphatic heterocycles. The van der Waals surface area contributed by atoms with Crippen molar-refractivity contribution in [1.82, 2.24) is 4.90 Å². The van der Waals surface area contributed by atoms with Crippen molar-refractivity contribution < 1.29 is 28.6 Å². The standard InChI is InChI=1S/C21H27ClN2O6/c1-28-17-5-4-15(22)12-16(17)23-18(25)14-30-20(27)21(6-2-3-7-21)13-19(26)24-8-10-29-11-9-24/h4-5,12H,2-3,6-11,13-14H2,1H3,(H,23,25). The molecule has 2 fully saturated rings. The Hall–Kier alpha value is -2.32. The van der Waals surface area contributed by atoms with Gasteiger partial charge in [0.15, 0.2) is 6.61 Å². The molecular formula is C21H27ClN2O6. The fourth-order valence-electron chi connectivity index (χ4n) is 3.97. The van der Waals surface area contributed by atoms with Crippen LogP contribution in [0.1, 0.15) is 32.1 Å². The van der Waals surface area contributed by atoms with Crippen LogP contribution >= 0.6 is 11.6 Å². The third-order valence-corrected chi connectivity index (χ3v) is 5.85. The van der Waals surface area contributed by atoms with Crippen molar-refractivity contribution in [1.29, 1.82) is 0 Å². The largest absolute Gasteiger partial charge is 0.495 e. The topological polar surface area (TPSA) is 94.2 Å². The molecule has 0 unspecified atom stereocenters. The fraction of sp³-hybridized carbons (Fsp3) is 0.571. The highest BCUT2D eigenvalue weighted by Crippen LogP contribution is 2.42. The highest BCUT2D eigenvalue weighted by Gasteiger charge is 2.45. The zero-order valence-corrected chi connectivity index (χ0v) is 17.8. The number of carbonyl (C=O) groups excluding carboxylic acids is 3. The molecule has 8 nitrogen and oxygen atoms in total. The number of halogens is 1. The van der Waals surface area contributed by atoms with Crippen molar-refractivity contribution in [2.45, 2.75) is 32.1 Å². The fourth-order valence-corrected chi connectivity index (χ4v) is 4.14. The molecule has 30 heavy (non-hydrogen) atoms. The van der Waals surface area contributed by atoms with Gasteiger partial charge in [-0.3, -0.25) is 14.4 Å². The summed E-state index contributed by atoms with van der Waals surface area (Å²) in [6, 6.07) is 4.83. The molecule has 1 N–H and O–H groups in total. The van der Waals surface area contributed by atoms with E-state index in [2.05, 4.69) is 5.32 Å². The first-order chi connectivity index (χ1) is 14.4. The van der Waals surface area contributed by atoms with Gasteiger partial charge in [-0.05, 0) is 31.0 Å². The van der Waals surface area contributed by atoms with Gasteiger partial charge in [0.05, 0.1) is 31.4 Å². The van der Waals surface area contributed by atoms with Crippen LogP contribution in [0.15, 0.2) is 18.2 Å². The average molecular weight is 439 g/mol. The maximum atomic E-state index is 12.9. The van der Waals surface area contributed by atoms with Gasteiger partial charge in [-0.2, -0.15) is 0 Å². The molecule has 0 atom stereocenters. The molecular weight excluding hydrogens is 412 g/mol. The number of ether oxygens (including phenoxy) is 3. The molecule has 2 aliphatic rings. The van der Waals surface area contributed by atoms with E-state index in [0.29, 0.717) is 55.6 Å². The lowest BCUT2D eigenvalue weighted by Gasteiger charge is -2.31. The van der Waals surface area contributed by atoms with Gasteiger partial charge in [0, 0.05) is 24.5 Å². The molecule has 9 heteroatoms. The molecule has 1 saturated carbocycles. The summed E-state index contributed by atoms with van der Waals surface area (Å²) >= 11 is 5.97. The van der Waals surface area contributed by atoms with E-state index in [1.807, 2.05) is 0 Å². The van der Waals surface area contributed by atoms with Crippen molar-refractivity contribution in [3.8, 4) is 5.75 Å². The minimum Gasteiger partial charge on any atom is -0.495 e. The Morgan fingerprint density at radius 3 is 2.57 bits per heavy atom. The van der Waals surface area contributed by atoms with E-state index < -0.39 is 23.9 Å². The summed E-state index contributed by atoms with van der Waals surface area (Å²) in [4.78, 5) is 39.6. The van der Waals surface area contributed by atoms with Crippen LogP contribution in [0.25, 0.3) is 0 Å². The van der Waals surface area contributed by atoms with Crippen LogP contribution < -0.4 is 10.1 Å². The Morgan fingerprint density at radius 1 is 1.20 bits per heavy atom. The number of hydrogen-bond acceptors (Lipinski definition) is 6. The third kappa shape index (κ3) is 5.43. The molecule has 1 aliphatic carbocycles. The maximum Gasteiger partial charge on any atom is 0.313 e. The number of nitrogens with one attached hydrogen (secondary N) is 1. The number of methoxy groups -OCH3 is 1. The quantitative estimate of drug-likeness (QED) is 0.658. The molecule has 1 aromatic carbocycles. The van der Waals surface area contributed by atoms with Crippen LogP contribution in [0.2, 0.25) is 5.02 Å². The highest BCUT2D eigenvalue weighted by molar-refractivity contribution is 6.31. The summed E-state index contributed by atoms with van der Waals surface area (Å²) < 4.78 is 15.8. The van der Waals surface area contributed by atoms with E-state index in [1.165, 1.54) is 7.11 Å². The molecule has 0 bridgehead atoms. The number of esters is 1. The van der Waals surface area contributed by atoms with Crippen LogP contribution in [0, 0.1) is 5.41 Å². The number of anilines is 1. The van der Waals surface area contributed by atoms with E-state index in [4.69, 9.17) is 25.8 Å². The van der Waals surface area contributed by atoms with Crippen molar-refractivity contribution in [3.63, 3.8) is 0 Å². The lowest BCUT2D eigenvalue weighted by atomic mass is 9.82. The number of morpholine rings is 1. The van der Waals surface area contributed by atoms with E-state index in [1.54, 1.807) is 23.1 Å². The summed E-state index contributed by atoms with van der Waals surface area (Å²) in [5.41, 5.74) is -0.465. The van der Waals surface area contributed by atoms with E-state index in [-0.39, 0.29) is 12.3 Å². The Kier molecular flexibility index (Phi) is 7.55. The van der Waals surface area contributed by atoms with Gasteiger partial charge in [-0.15, -0.1) is 0 Å². The van der Waals surface area contributed by atoms with Crippen molar-refractivity contribution in [2.75, 3.05) is 45.3 Å². The zero-order chi connectivity index (χ0) is 21.6. The second-order valence-corrected chi connectivity index (χ2v) is 8.06. The number of benzene rings is 1. The lowest BCUT2D eigenvalue weighted by Crippen LogP contribution is -2.44. The molecule has 2 amide bonds. The minimum atomic E-state index is -0.858. The summed E-state index contributed by atoms with van der Waals surface area (Å²) in [6.07, 6.45) is 3.00. The molecule has 164 valence electrons. The summed E-state index contributed by atoms with van der Waals surface area (Å²) in [5, 5.41) is 3.08. The Morgan fingerprint density at radius 2 is 1.90 bits per heavy atom. The SMILES string of the molecule is COc1ccc(Cl)cc1NC(=O)COC(=O)C1(CC(=O)N2CCOCC2)CCCC1. The zero-order valence-electron chi connectivity index (χ0n) is 17.1. The number of amides is 2. The summed E-state index contributed by atoms with van der Waals surface area (Å²) in [6.45, 7) is 1.65. The average Bonchev–Trinajstić information content (AvgIpc) is 3.22. The predicted molar refractivity (Wildman–Crippen MR) is 111 cm³/mol. The van der Waals surface area contributed by atoms with Gasteiger partial charge < -0.3 is 24.4 Å². The van der Waals surface area contributed by atoms with Crippen LogP contribution in [-0.4, -0.2) is 62.7 Å². The van der Waals surface area contributed by atoms with Crippen LogP contribution in [0.4, 0.5) is 5.69 Å². The van der Waals surface area contributed by atoms with Gasteiger partial charge in [-0.1, -0.05) is 24.4 Å². The number of carbonyl (C=O) groups is 3. The minimum absolute atomic E-state index is 0.0646. The Labute approximate surface area is 180 Å². The van der Waals surface area contributed by atoms with E-state index in [0.717, 1.165) is 12.8 Å². The van der Waals surface area contributed by atoms with Gasteiger partial charge in [0.2, 0.25) is 5.91 Å². The Balaban J connectivity index is 1.58. The first kappa shape index (κ1) is 22.4. The smallest absolute Gasteiger partial charge is 0.313 e. The van der Waals surface area contributed by atoms with Crippen LogP contribution in [0.5, 0.6) is 5.75 Å². The normalized spacial score (nSPS) is 18.0. The molecule has 0 spiro atoms. The highest BCUT2D eigenvalue weighted by atomic mass is 35.5. The van der Waals surface area contributed by atoms with Gasteiger partial charge >= 0.3 is 5.97 Å². The molecule has 1 saturated heterocycles. The second kappa shape index (κ2) is 10.1. The first-order valence-corrected chi connectivity index (χ1v) is 10.5. The molecule has 1 heterocycles.